The second-order valence-electron chi connectivity index (χ2n) is 3.65. The number of nitrogens with zero attached hydrogens (tertiary/aromatic N) is 3. The second-order valence-corrected chi connectivity index (χ2v) is 3.65. The van der Waals surface area contributed by atoms with Crippen LogP contribution in [0.3, 0.4) is 0 Å². The number of rotatable bonds is 5. The number of pyridine rings is 1. The molecule has 0 radical (unpaired) electrons. The Morgan fingerprint density at radius 1 is 1.31 bits per heavy atom. The van der Waals surface area contributed by atoms with Crippen LogP contribution in [0.2, 0.25) is 0 Å². The van der Waals surface area contributed by atoms with Crippen LogP contribution >= 0.6 is 0 Å². The Labute approximate surface area is 92.7 Å². The Kier molecular flexibility index (Phi) is 3.14. The highest BCUT2D eigenvalue weighted by Crippen LogP contribution is 2.07. The number of hydrogen-bond donors (Lipinski definition) is 1. The number of carboxylic acids is 1. The molecule has 0 aliphatic carbocycles. The van der Waals surface area contributed by atoms with E-state index in [0.717, 1.165) is 24.3 Å². The van der Waals surface area contributed by atoms with Gasteiger partial charge in [0.15, 0.2) is 5.65 Å². The highest BCUT2D eigenvalue weighted by Gasteiger charge is 2.04. The third-order valence-electron chi connectivity index (χ3n) is 2.43. The molecule has 2 heterocycles. The number of aryl methyl sites for hydroxylation is 1. The van der Waals surface area contributed by atoms with Gasteiger partial charge in [-0.25, -0.2) is 0 Å². The first-order valence-corrected chi connectivity index (χ1v) is 5.28. The van der Waals surface area contributed by atoms with Crippen LogP contribution < -0.4 is 0 Å². The topological polar surface area (TPSA) is 67.5 Å². The number of carbonyl (C=O) groups is 1. The van der Waals surface area contributed by atoms with E-state index in [-0.39, 0.29) is 6.42 Å². The van der Waals surface area contributed by atoms with Crippen LogP contribution in [0.25, 0.3) is 5.65 Å². The largest absolute Gasteiger partial charge is 0.481 e. The summed E-state index contributed by atoms with van der Waals surface area (Å²) in [5.74, 6) is 0.145. The van der Waals surface area contributed by atoms with E-state index in [0.29, 0.717) is 6.42 Å². The van der Waals surface area contributed by atoms with Crippen LogP contribution in [-0.4, -0.2) is 25.7 Å². The van der Waals surface area contributed by atoms with Gasteiger partial charge < -0.3 is 5.11 Å². The molecule has 0 fully saturated rings. The quantitative estimate of drug-likeness (QED) is 0.774. The molecule has 2 aromatic rings. The minimum absolute atomic E-state index is 0.219. The summed E-state index contributed by atoms with van der Waals surface area (Å²) in [6.45, 7) is 0. The fraction of sp³-hybridized carbons (Fsp3) is 0.364. The zero-order chi connectivity index (χ0) is 11.4. The highest BCUT2D eigenvalue weighted by atomic mass is 16.4. The first-order chi connectivity index (χ1) is 7.77. The van der Waals surface area contributed by atoms with Crippen LogP contribution in [0.15, 0.2) is 24.4 Å². The average Bonchev–Trinajstić information content (AvgIpc) is 2.68. The van der Waals surface area contributed by atoms with E-state index >= 15 is 0 Å². The van der Waals surface area contributed by atoms with E-state index in [9.17, 15) is 4.79 Å². The molecule has 16 heavy (non-hydrogen) atoms. The minimum atomic E-state index is -0.744. The van der Waals surface area contributed by atoms with Gasteiger partial charge in [0.25, 0.3) is 0 Å². The lowest BCUT2D eigenvalue weighted by Crippen LogP contribution is -1.97. The van der Waals surface area contributed by atoms with Crippen molar-refractivity contribution >= 4 is 11.6 Å². The predicted molar refractivity (Wildman–Crippen MR) is 58.2 cm³/mol. The van der Waals surface area contributed by atoms with E-state index in [1.165, 1.54) is 0 Å². The molecule has 0 atom stereocenters. The zero-order valence-electron chi connectivity index (χ0n) is 8.83. The van der Waals surface area contributed by atoms with Crippen molar-refractivity contribution in [3.05, 3.63) is 30.2 Å². The van der Waals surface area contributed by atoms with Crippen LogP contribution in [0.1, 0.15) is 25.1 Å². The van der Waals surface area contributed by atoms with Gasteiger partial charge in [-0.3, -0.25) is 9.20 Å². The third kappa shape index (κ3) is 2.36. The highest BCUT2D eigenvalue weighted by molar-refractivity contribution is 5.66. The lowest BCUT2D eigenvalue weighted by molar-refractivity contribution is -0.137. The van der Waals surface area contributed by atoms with Crippen molar-refractivity contribution in [3.63, 3.8) is 0 Å². The van der Waals surface area contributed by atoms with Gasteiger partial charge >= 0.3 is 5.97 Å². The first kappa shape index (κ1) is 10.6. The lowest BCUT2D eigenvalue weighted by Gasteiger charge is -1.98. The lowest BCUT2D eigenvalue weighted by atomic mass is 10.2. The smallest absolute Gasteiger partial charge is 0.303 e. The van der Waals surface area contributed by atoms with Gasteiger partial charge in [-0.05, 0) is 25.0 Å². The standard InChI is InChI=1S/C11H13N3O2/c15-11(16)7-2-1-5-9-12-13-10-6-3-4-8-14(9)10/h3-4,6,8H,1-2,5,7H2,(H,15,16). The van der Waals surface area contributed by atoms with Crippen molar-refractivity contribution < 1.29 is 9.90 Å². The monoisotopic (exact) mass is 219 g/mol. The molecule has 5 heteroatoms. The van der Waals surface area contributed by atoms with Gasteiger partial charge in [-0.15, -0.1) is 10.2 Å². The average molecular weight is 219 g/mol. The molecule has 0 saturated carbocycles. The van der Waals surface area contributed by atoms with Crippen molar-refractivity contribution in [3.8, 4) is 0 Å². The maximum atomic E-state index is 10.3. The van der Waals surface area contributed by atoms with Gasteiger partial charge in [0, 0.05) is 19.0 Å². The summed E-state index contributed by atoms with van der Waals surface area (Å²) in [6, 6.07) is 5.74. The molecule has 0 unspecified atom stereocenters. The second kappa shape index (κ2) is 4.74. The molecule has 1 N–H and O–H groups in total. The molecule has 0 aliphatic heterocycles. The molecule has 0 amide bonds. The predicted octanol–water partition coefficient (Wildman–Crippen LogP) is 1.53. The summed E-state index contributed by atoms with van der Waals surface area (Å²) in [5, 5.41) is 16.6. The number of hydrogen-bond acceptors (Lipinski definition) is 3. The number of unbranched alkanes of at least 4 members (excludes halogenated alkanes) is 1. The van der Waals surface area contributed by atoms with Gasteiger partial charge in [0.05, 0.1) is 0 Å². The fourth-order valence-electron chi connectivity index (χ4n) is 1.62. The number of carboxylic acid groups (broad SMARTS) is 1. The van der Waals surface area contributed by atoms with E-state index in [1.54, 1.807) is 0 Å². The molecule has 0 aromatic carbocycles. The van der Waals surface area contributed by atoms with Gasteiger partial charge in [-0.1, -0.05) is 6.07 Å². The van der Waals surface area contributed by atoms with Crippen molar-refractivity contribution in [2.75, 3.05) is 0 Å². The summed E-state index contributed by atoms with van der Waals surface area (Å²) >= 11 is 0. The van der Waals surface area contributed by atoms with Gasteiger partial charge in [0.2, 0.25) is 0 Å². The molecular formula is C11H13N3O2. The maximum Gasteiger partial charge on any atom is 0.303 e. The molecule has 0 bridgehead atoms. The van der Waals surface area contributed by atoms with Crippen LogP contribution in [0.5, 0.6) is 0 Å². The Morgan fingerprint density at radius 2 is 2.19 bits per heavy atom. The van der Waals surface area contributed by atoms with E-state index in [4.69, 9.17) is 5.11 Å². The van der Waals surface area contributed by atoms with Crippen LogP contribution in [0, 0.1) is 0 Å². The van der Waals surface area contributed by atoms with Gasteiger partial charge in [0.1, 0.15) is 5.82 Å². The molecule has 0 saturated heterocycles. The zero-order valence-corrected chi connectivity index (χ0v) is 8.83. The summed E-state index contributed by atoms with van der Waals surface area (Å²) in [5.41, 5.74) is 0.829. The van der Waals surface area contributed by atoms with E-state index in [1.807, 2.05) is 28.8 Å². The maximum absolute atomic E-state index is 10.3. The van der Waals surface area contributed by atoms with Gasteiger partial charge in [-0.2, -0.15) is 0 Å². The summed E-state index contributed by atoms with van der Waals surface area (Å²) in [7, 11) is 0. The molecule has 2 rings (SSSR count). The SMILES string of the molecule is O=C(O)CCCCc1nnc2ccccn12. The third-order valence-corrected chi connectivity index (χ3v) is 2.43. The van der Waals surface area contributed by atoms with Crippen molar-refractivity contribution in [1.29, 1.82) is 0 Å². The molecule has 2 aromatic heterocycles. The number of fused-ring (bicyclic) bond motifs is 1. The van der Waals surface area contributed by atoms with Crippen molar-refractivity contribution in [1.82, 2.24) is 14.6 Å². The van der Waals surface area contributed by atoms with Crippen molar-refractivity contribution in [2.45, 2.75) is 25.7 Å². The van der Waals surface area contributed by atoms with Crippen LogP contribution in [-0.2, 0) is 11.2 Å². The minimum Gasteiger partial charge on any atom is -0.481 e. The fourth-order valence-corrected chi connectivity index (χ4v) is 1.62. The van der Waals surface area contributed by atoms with E-state index < -0.39 is 5.97 Å². The Bertz CT molecular complexity index is 493. The van der Waals surface area contributed by atoms with E-state index in [2.05, 4.69) is 10.2 Å². The van der Waals surface area contributed by atoms with Crippen molar-refractivity contribution in [2.24, 2.45) is 0 Å². The molecule has 0 spiro atoms. The van der Waals surface area contributed by atoms with Crippen LogP contribution in [0.4, 0.5) is 0 Å². The number of aliphatic carboxylic acids is 1. The Balaban J connectivity index is 1.97. The summed E-state index contributed by atoms with van der Waals surface area (Å²) < 4.78 is 1.93. The Morgan fingerprint density at radius 3 is 3.00 bits per heavy atom. The number of aromatic nitrogens is 3. The summed E-state index contributed by atoms with van der Waals surface area (Å²) in [4.78, 5) is 10.3. The summed E-state index contributed by atoms with van der Waals surface area (Å²) in [6.07, 6.45) is 4.40. The first-order valence-electron chi connectivity index (χ1n) is 5.28. The molecule has 84 valence electrons. The normalized spacial score (nSPS) is 10.8. The molecular weight excluding hydrogens is 206 g/mol. The molecule has 5 nitrogen and oxygen atoms in total. The Hall–Kier alpha value is -1.91. The molecule has 0 aliphatic rings.